The fraction of sp³-hybridized carbons (Fsp3) is 1.00. The summed E-state index contributed by atoms with van der Waals surface area (Å²) in [6.45, 7) is 14.6. The second-order valence-corrected chi connectivity index (χ2v) is 7.90. The van der Waals surface area contributed by atoms with Gasteiger partial charge >= 0.3 is 0 Å². The lowest BCUT2D eigenvalue weighted by Crippen LogP contribution is -2.34. The highest BCUT2D eigenvalue weighted by molar-refractivity contribution is 7.99. The minimum Gasteiger partial charge on any atom is -0.158 e. The highest BCUT2D eigenvalue weighted by Crippen LogP contribution is 2.46. The summed E-state index contributed by atoms with van der Waals surface area (Å²) in [6, 6.07) is 0. The molecule has 1 heterocycles. The van der Waals surface area contributed by atoms with E-state index in [4.69, 9.17) is 0 Å². The van der Waals surface area contributed by atoms with E-state index in [2.05, 4.69) is 53.3 Å². The van der Waals surface area contributed by atoms with Crippen LogP contribution in [0.2, 0.25) is 0 Å². The molecule has 3 unspecified atom stereocenters. The maximum absolute atomic E-state index is 2.50. The summed E-state index contributed by atoms with van der Waals surface area (Å²) >= 11 is 2.25. The Morgan fingerprint density at radius 2 is 1.88 bits per heavy atom. The van der Waals surface area contributed by atoms with Crippen LogP contribution in [-0.2, 0) is 0 Å². The van der Waals surface area contributed by atoms with Gasteiger partial charge in [0.2, 0.25) is 0 Å². The lowest BCUT2D eigenvalue weighted by atomic mass is 9.73. The third-order valence-electron chi connectivity index (χ3n) is 4.51. The van der Waals surface area contributed by atoms with Gasteiger partial charge in [0.1, 0.15) is 0 Å². The first-order chi connectivity index (χ1) is 7.38. The van der Waals surface area contributed by atoms with E-state index in [0.717, 1.165) is 23.0 Å². The average Bonchev–Trinajstić information content (AvgIpc) is 2.34. The molecule has 0 N–H and O–H groups in total. The summed E-state index contributed by atoms with van der Waals surface area (Å²) < 4.78 is 0. The third-order valence-corrected chi connectivity index (χ3v) is 6.41. The predicted molar refractivity (Wildman–Crippen MR) is 77.0 cm³/mol. The molecule has 1 aliphatic heterocycles. The van der Waals surface area contributed by atoms with E-state index in [-0.39, 0.29) is 0 Å². The smallest absolute Gasteiger partial charge is 0.0126 e. The number of thioether (sulfide) groups is 1. The van der Waals surface area contributed by atoms with Gasteiger partial charge in [0.25, 0.3) is 0 Å². The van der Waals surface area contributed by atoms with Crippen LogP contribution in [0, 0.1) is 23.2 Å². The predicted octanol–water partition coefficient (Wildman–Crippen LogP) is 5.23. The number of hydrogen-bond acceptors (Lipinski definition) is 1. The molecule has 16 heavy (non-hydrogen) atoms. The van der Waals surface area contributed by atoms with Crippen molar-refractivity contribution in [3.05, 3.63) is 0 Å². The number of rotatable bonds is 3. The molecule has 1 aliphatic rings. The molecule has 1 heteroatoms. The minimum absolute atomic E-state index is 0.519. The third kappa shape index (κ3) is 3.42. The summed E-state index contributed by atoms with van der Waals surface area (Å²) in [4.78, 5) is 0. The van der Waals surface area contributed by atoms with Gasteiger partial charge < -0.3 is 0 Å². The highest BCUT2D eigenvalue weighted by Gasteiger charge is 2.38. The Morgan fingerprint density at radius 3 is 2.38 bits per heavy atom. The summed E-state index contributed by atoms with van der Waals surface area (Å²) in [6.07, 6.45) is 4.23. The normalized spacial score (nSPS) is 32.4. The van der Waals surface area contributed by atoms with Crippen molar-refractivity contribution in [2.45, 2.75) is 66.1 Å². The SMILES string of the molecule is CCC1CCSC(C(C)C(C)C)C(C)(C)C1. The first-order valence-electron chi connectivity index (χ1n) is 7.00. The molecule has 0 radical (unpaired) electrons. The Kier molecular flexibility index (Phi) is 5.22. The van der Waals surface area contributed by atoms with Crippen molar-refractivity contribution in [1.29, 1.82) is 0 Å². The van der Waals surface area contributed by atoms with Crippen molar-refractivity contribution in [2.24, 2.45) is 23.2 Å². The van der Waals surface area contributed by atoms with Crippen LogP contribution in [0.25, 0.3) is 0 Å². The first kappa shape index (κ1) is 14.4. The zero-order valence-corrected chi connectivity index (χ0v) is 12.9. The lowest BCUT2D eigenvalue weighted by Gasteiger charge is -2.39. The molecule has 0 amide bonds. The summed E-state index contributed by atoms with van der Waals surface area (Å²) in [5.74, 6) is 4.00. The van der Waals surface area contributed by atoms with Gasteiger partial charge in [0, 0.05) is 5.25 Å². The lowest BCUT2D eigenvalue weighted by molar-refractivity contribution is 0.203. The molecule has 1 fully saturated rings. The van der Waals surface area contributed by atoms with E-state index in [0.29, 0.717) is 5.41 Å². The minimum atomic E-state index is 0.519. The van der Waals surface area contributed by atoms with E-state index >= 15 is 0 Å². The zero-order valence-electron chi connectivity index (χ0n) is 12.0. The zero-order chi connectivity index (χ0) is 12.3. The van der Waals surface area contributed by atoms with Crippen LogP contribution in [0.4, 0.5) is 0 Å². The van der Waals surface area contributed by atoms with Gasteiger partial charge in [-0.1, -0.05) is 48.0 Å². The van der Waals surface area contributed by atoms with Crippen LogP contribution in [-0.4, -0.2) is 11.0 Å². The molecular weight excluding hydrogens is 212 g/mol. The van der Waals surface area contributed by atoms with Gasteiger partial charge in [-0.2, -0.15) is 11.8 Å². The van der Waals surface area contributed by atoms with Crippen molar-refractivity contribution in [2.75, 3.05) is 5.75 Å². The molecule has 0 bridgehead atoms. The Hall–Kier alpha value is 0.350. The van der Waals surface area contributed by atoms with E-state index in [1.807, 2.05) is 0 Å². The first-order valence-corrected chi connectivity index (χ1v) is 8.05. The number of hydrogen-bond donors (Lipinski definition) is 0. The Bertz CT molecular complexity index is 207. The van der Waals surface area contributed by atoms with Gasteiger partial charge in [-0.25, -0.2) is 0 Å². The topological polar surface area (TPSA) is 0 Å². The molecule has 0 aromatic carbocycles. The van der Waals surface area contributed by atoms with E-state index in [1.54, 1.807) is 0 Å². The van der Waals surface area contributed by atoms with Crippen molar-refractivity contribution in [3.8, 4) is 0 Å². The van der Waals surface area contributed by atoms with Gasteiger partial charge in [0.05, 0.1) is 0 Å². The van der Waals surface area contributed by atoms with Gasteiger partial charge in [-0.3, -0.25) is 0 Å². The second kappa shape index (κ2) is 5.80. The molecule has 0 aromatic heterocycles. The van der Waals surface area contributed by atoms with E-state index in [1.165, 1.54) is 25.0 Å². The van der Waals surface area contributed by atoms with E-state index < -0.39 is 0 Å². The van der Waals surface area contributed by atoms with Gasteiger partial charge in [0.15, 0.2) is 0 Å². The van der Waals surface area contributed by atoms with Crippen LogP contribution < -0.4 is 0 Å². The summed E-state index contributed by atoms with van der Waals surface area (Å²) in [5, 5.41) is 0.851. The molecule has 3 atom stereocenters. The average molecular weight is 242 g/mol. The van der Waals surface area contributed by atoms with Crippen LogP contribution in [0.15, 0.2) is 0 Å². The Labute approximate surface area is 107 Å². The van der Waals surface area contributed by atoms with Crippen LogP contribution in [0.1, 0.15) is 60.8 Å². The Balaban J connectivity index is 2.76. The standard InChI is InChI=1S/C15H30S/c1-7-13-8-9-16-14(12(4)11(2)3)15(5,6)10-13/h11-14H,7-10H2,1-6H3. The molecule has 0 saturated carbocycles. The van der Waals surface area contributed by atoms with Crippen molar-refractivity contribution >= 4 is 11.8 Å². The second-order valence-electron chi connectivity index (χ2n) is 6.65. The van der Waals surface area contributed by atoms with Gasteiger partial charge in [-0.05, 0) is 41.8 Å². The van der Waals surface area contributed by atoms with Crippen LogP contribution in [0.5, 0.6) is 0 Å². The molecule has 1 rings (SSSR count). The maximum Gasteiger partial charge on any atom is 0.0126 e. The quantitative estimate of drug-likeness (QED) is 0.653. The summed E-state index contributed by atoms with van der Waals surface area (Å²) in [7, 11) is 0. The maximum atomic E-state index is 2.50. The van der Waals surface area contributed by atoms with E-state index in [9.17, 15) is 0 Å². The monoisotopic (exact) mass is 242 g/mol. The van der Waals surface area contributed by atoms with Crippen LogP contribution >= 0.6 is 11.8 Å². The molecule has 0 aromatic rings. The Morgan fingerprint density at radius 1 is 1.25 bits per heavy atom. The summed E-state index contributed by atoms with van der Waals surface area (Å²) in [5.41, 5.74) is 0.519. The fourth-order valence-corrected chi connectivity index (χ4v) is 5.00. The molecule has 0 aliphatic carbocycles. The molecule has 0 spiro atoms. The molecular formula is C15H30S. The molecule has 0 nitrogen and oxygen atoms in total. The molecule has 1 saturated heterocycles. The van der Waals surface area contributed by atoms with Crippen molar-refractivity contribution in [1.82, 2.24) is 0 Å². The highest BCUT2D eigenvalue weighted by atomic mass is 32.2. The fourth-order valence-electron chi connectivity index (χ4n) is 3.11. The largest absolute Gasteiger partial charge is 0.158 e. The van der Waals surface area contributed by atoms with Crippen molar-refractivity contribution in [3.63, 3.8) is 0 Å². The van der Waals surface area contributed by atoms with Crippen molar-refractivity contribution < 1.29 is 0 Å². The van der Waals surface area contributed by atoms with Crippen LogP contribution in [0.3, 0.4) is 0 Å². The van der Waals surface area contributed by atoms with Gasteiger partial charge in [-0.15, -0.1) is 0 Å². The molecule has 96 valence electrons.